The normalized spacial score (nSPS) is 14.1. The Bertz CT molecular complexity index is 1060. The number of hydrogen-bond donors (Lipinski definition) is 4. The van der Waals surface area contributed by atoms with Crippen LogP contribution in [0, 0.1) is 0 Å². The second-order valence-electron chi connectivity index (χ2n) is 14.2. The Labute approximate surface area is 327 Å². The van der Waals surface area contributed by atoms with Crippen LogP contribution in [0.1, 0.15) is 181 Å². The number of nitrogens with one attached hydrogen (secondary N) is 1. The average molecular weight is 786 g/mol. The molecule has 314 valence electrons. The van der Waals surface area contributed by atoms with Crippen LogP contribution in [-0.2, 0) is 32.7 Å². The number of hydrogen-bond acceptors (Lipinski definition) is 8. The highest BCUT2D eigenvalue weighted by Crippen LogP contribution is 2.43. The molecule has 0 aromatic rings. The van der Waals surface area contributed by atoms with E-state index < -0.39 is 57.6 Å². The van der Waals surface area contributed by atoms with Crippen LogP contribution in [0.5, 0.6) is 0 Å². The summed E-state index contributed by atoms with van der Waals surface area (Å²) in [4.78, 5) is 45.8. The zero-order valence-electron chi connectivity index (χ0n) is 33.8. The highest BCUT2D eigenvalue weighted by Gasteiger charge is 2.28. The number of esters is 1. The molecule has 0 aliphatic carbocycles. The van der Waals surface area contributed by atoms with Crippen molar-refractivity contribution in [2.75, 3.05) is 19.8 Å². The minimum Gasteiger partial charge on any atom is -0.480 e. The lowest BCUT2D eigenvalue weighted by molar-refractivity contribution is -0.147. The van der Waals surface area contributed by atoms with Crippen molar-refractivity contribution < 1.29 is 47.8 Å². The van der Waals surface area contributed by atoms with E-state index in [1.165, 1.54) is 57.8 Å². The maximum absolute atomic E-state index is 12.3. The second-order valence-corrected chi connectivity index (χ2v) is 15.6. The number of aliphatic hydroxyl groups is 1. The number of unbranched alkanes of at least 4 members (excludes halogenated alkanes) is 19. The molecule has 11 nitrogen and oxygen atoms in total. The van der Waals surface area contributed by atoms with Crippen molar-refractivity contribution >= 4 is 25.7 Å². The highest BCUT2D eigenvalue weighted by molar-refractivity contribution is 7.47. The maximum atomic E-state index is 12.3. The molecule has 0 spiro atoms. The van der Waals surface area contributed by atoms with Gasteiger partial charge in [-0.15, -0.1) is 0 Å². The molecule has 54 heavy (non-hydrogen) atoms. The van der Waals surface area contributed by atoms with Gasteiger partial charge in [0.05, 0.1) is 13.2 Å². The first kappa shape index (κ1) is 51.7. The second kappa shape index (κ2) is 37.6. The van der Waals surface area contributed by atoms with Crippen LogP contribution in [0.25, 0.3) is 0 Å². The molecule has 0 aliphatic heterocycles. The van der Waals surface area contributed by atoms with Crippen LogP contribution in [0.15, 0.2) is 36.5 Å². The van der Waals surface area contributed by atoms with Crippen molar-refractivity contribution in [1.82, 2.24) is 5.32 Å². The first-order valence-electron chi connectivity index (χ1n) is 21.0. The zero-order chi connectivity index (χ0) is 40.0. The van der Waals surface area contributed by atoms with E-state index in [0.717, 1.165) is 83.5 Å². The van der Waals surface area contributed by atoms with Crippen molar-refractivity contribution in [1.29, 1.82) is 0 Å². The predicted molar refractivity (Wildman–Crippen MR) is 217 cm³/mol. The number of phosphoric ester groups is 1. The molecular formula is C42H76NO10P. The number of carboxylic acid groups (broad SMARTS) is 1. The summed E-state index contributed by atoms with van der Waals surface area (Å²) in [7, 11) is -4.76. The van der Waals surface area contributed by atoms with Gasteiger partial charge in [-0.05, 0) is 64.2 Å². The van der Waals surface area contributed by atoms with Gasteiger partial charge in [0.1, 0.15) is 12.7 Å². The van der Waals surface area contributed by atoms with Gasteiger partial charge in [-0.3, -0.25) is 18.6 Å². The monoisotopic (exact) mass is 786 g/mol. The van der Waals surface area contributed by atoms with E-state index in [2.05, 4.69) is 55.6 Å². The molecule has 0 radical (unpaired) electrons. The number of carbonyl (C=O) groups excluding carboxylic acids is 2. The van der Waals surface area contributed by atoms with Gasteiger partial charge in [0.2, 0.25) is 5.91 Å². The van der Waals surface area contributed by atoms with Crippen LogP contribution in [0.4, 0.5) is 0 Å². The number of allylic oxidation sites excluding steroid dienone is 6. The number of carbonyl (C=O) groups is 3. The van der Waals surface area contributed by atoms with Gasteiger partial charge in [-0.25, -0.2) is 9.36 Å². The SMILES string of the molecule is CCCC/C=C\C/C=C\CCCCCCCC(=O)OCC(O)COP(=O)(O)OCC(NC(=O)CCCCCCC/C=C\CCCCCCCCC)C(=O)O. The lowest BCUT2D eigenvalue weighted by Crippen LogP contribution is -2.43. The summed E-state index contributed by atoms with van der Waals surface area (Å²) in [5, 5.41) is 21.8. The van der Waals surface area contributed by atoms with E-state index in [0.29, 0.717) is 12.8 Å². The molecule has 1 amide bonds. The highest BCUT2D eigenvalue weighted by atomic mass is 31.2. The molecule has 0 aromatic heterocycles. The lowest BCUT2D eigenvalue weighted by Gasteiger charge is -2.18. The summed E-state index contributed by atoms with van der Waals surface area (Å²) < 4.78 is 26.8. The third-order valence-corrected chi connectivity index (χ3v) is 9.85. The topological polar surface area (TPSA) is 169 Å². The Hall–Kier alpha value is -2.30. The van der Waals surface area contributed by atoms with E-state index >= 15 is 0 Å². The van der Waals surface area contributed by atoms with Gasteiger partial charge in [-0.2, -0.15) is 0 Å². The fraction of sp³-hybridized carbons (Fsp3) is 0.786. The van der Waals surface area contributed by atoms with Crippen LogP contribution in [0.3, 0.4) is 0 Å². The summed E-state index contributed by atoms with van der Waals surface area (Å²) >= 11 is 0. The quantitative estimate of drug-likeness (QED) is 0.0204. The first-order chi connectivity index (χ1) is 26.1. The molecule has 0 aliphatic rings. The molecule has 0 fully saturated rings. The van der Waals surface area contributed by atoms with Gasteiger partial charge < -0.3 is 25.2 Å². The summed E-state index contributed by atoms with van der Waals surface area (Å²) in [6, 6.07) is -1.55. The smallest absolute Gasteiger partial charge is 0.472 e. The van der Waals surface area contributed by atoms with Gasteiger partial charge >= 0.3 is 19.8 Å². The van der Waals surface area contributed by atoms with Crippen molar-refractivity contribution in [2.24, 2.45) is 0 Å². The number of rotatable bonds is 39. The Kier molecular flexibility index (Phi) is 36.0. The number of aliphatic carboxylic acids is 1. The minimum absolute atomic E-state index is 0.135. The minimum atomic E-state index is -4.76. The van der Waals surface area contributed by atoms with E-state index in [-0.39, 0.29) is 12.8 Å². The van der Waals surface area contributed by atoms with E-state index in [1.54, 1.807) is 0 Å². The van der Waals surface area contributed by atoms with Gasteiger partial charge in [-0.1, -0.05) is 140 Å². The third-order valence-electron chi connectivity index (χ3n) is 8.90. The molecule has 12 heteroatoms. The maximum Gasteiger partial charge on any atom is 0.472 e. The molecule has 0 heterocycles. The predicted octanol–water partition coefficient (Wildman–Crippen LogP) is 10.4. The molecule has 4 N–H and O–H groups in total. The number of ether oxygens (including phenoxy) is 1. The fourth-order valence-corrected chi connectivity index (χ4v) is 6.33. The summed E-state index contributed by atoms with van der Waals surface area (Å²) in [6.45, 7) is 2.52. The molecular weight excluding hydrogens is 709 g/mol. The van der Waals surface area contributed by atoms with Crippen molar-refractivity contribution in [3.05, 3.63) is 36.5 Å². The van der Waals surface area contributed by atoms with Crippen molar-refractivity contribution in [3.8, 4) is 0 Å². The standard InChI is InChI=1S/C42H76NO10P/c1-3-5-7-9-11-13-15-17-19-20-21-23-25-27-29-31-33-40(45)43-39(42(47)48)37-53-54(49,50)52-36-38(44)35-51-41(46)34-32-30-28-26-24-22-18-16-14-12-10-8-6-4-2/h10,12,16,18-20,38-39,44H,3-9,11,13-15,17,21-37H2,1-2H3,(H,43,45)(H,47,48)(H,49,50)/b12-10-,18-16-,20-19-. The molecule has 3 atom stereocenters. The van der Waals surface area contributed by atoms with Gasteiger partial charge in [0, 0.05) is 12.8 Å². The lowest BCUT2D eigenvalue weighted by atomic mass is 10.1. The number of carboxylic acids is 1. The van der Waals surface area contributed by atoms with Crippen LogP contribution in [0.2, 0.25) is 0 Å². The number of aliphatic hydroxyl groups excluding tert-OH is 1. The van der Waals surface area contributed by atoms with E-state index in [9.17, 15) is 34.1 Å². The molecule has 0 bridgehead atoms. The number of phosphoric acid groups is 1. The molecule has 0 saturated heterocycles. The fourth-order valence-electron chi connectivity index (χ4n) is 5.56. The largest absolute Gasteiger partial charge is 0.480 e. The van der Waals surface area contributed by atoms with Crippen molar-refractivity contribution in [3.63, 3.8) is 0 Å². The van der Waals surface area contributed by atoms with E-state index in [4.69, 9.17) is 13.8 Å². The van der Waals surface area contributed by atoms with Crippen LogP contribution in [-0.4, -0.2) is 64.9 Å². The zero-order valence-corrected chi connectivity index (χ0v) is 34.7. The Morgan fingerprint density at radius 1 is 0.593 bits per heavy atom. The Morgan fingerprint density at radius 3 is 1.57 bits per heavy atom. The first-order valence-corrected chi connectivity index (χ1v) is 22.5. The van der Waals surface area contributed by atoms with Gasteiger partial charge in [0.15, 0.2) is 6.04 Å². The molecule has 3 unspecified atom stereocenters. The Morgan fingerprint density at radius 2 is 1.04 bits per heavy atom. The molecule has 0 aromatic carbocycles. The van der Waals surface area contributed by atoms with Crippen LogP contribution < -0.4 is 5.32 Å². The summed E-state index contributed by atoms with van der Waals surface area (Å²) in [5.41, 5.74) is 0. The summed E-state index contributed by atoms with van der Waals surface area (Å²) in [6.07, 6.45) is 38.8. The third kappa shape index (κ3) is 36.7. The molecule has 0 saturated carbocycles. The van der Waals surface area contributed by atoms with E-state index in [1.807, 2.05) is 0 Å². The van der Waals surface area contributed by atoms with Crippen LogP contribution >= 0.6 is 7.82 Å². The van der Waals surface area contributed by atoms with Crippen molar-refractivity contribution in [2.45, 2.75) is 193 Å². The number of amides is 1. The van der Waals surface area contributed by atoms with Gasteiger partial charge in [0.25, 0.3) is 0 Å². The summed E-state index contributed by atoms with van der Waals surface area (Å²) in [5.74, 6) is -2.40. The average Bonchev–Trinajstić information content (AvgIpc) is 3.14. The molecule has 0 rings (SSSR count). The Balaban J connectivity index is 3.96.